The SMILES string of the molecule is CNCCC(=O)NCc1ccnc(-n2ccnc2)c1. The van der Waals surface area contributed by atoms with E-state index in [1.807, 2.05) is 29.9 Å². The van der Waals surface area contributed by atoms with Crippen molar-refractivity contribution in [2.45, 2.75) is 13.0 Å². The van der Waals surface area contributed by atoms with Gasteiger partial charge in [-0.3, -0.25) is 9.36 Å². The topological polar surface area (TPSA) is 71.8 Å². The highest BCUT2D eigenvalue weighted by molar-refractivity contribution is 5.76. The van der Waals surface area contributed by atoms with Gasteiger partial charge >= 0.3 is 0 Å². The van der Waals surface area contributed by atoms with Gasteiger partial charge < -0.3 is 10.6 Å². The van der Waals surface area contributed by atoms with Gasteiger partial charge in [0.1, 0.15) is 12.1 Å². The van der Waals surface area contributed by atoms with Crippen LogP contribution in [0.1, 0.15) is 12.0 Å². The van der Waals surface area contributed by atoms with E-state index in [0.29, 0.717) is 19.5 Å². The van der Waals surface area contributed by atoms with Crippen LogP contribution in [0.2, 0.25) is 0 Å². The van der Waals surface area contributed by atoms with Gasteiger partial charge in [0, 0.05) is 38.1 Å². The summed E-state index contributed by atoms with van der Waals surface area (Å²) in [5, 5.41) is 5.82. The maximum atomic E-state index is 11.5. The lowest BCUT2D eigenvalue weighted by molar-refractivity contribution is -0.121. The molecule has 0 saturated carbocycles. The molecule has 100 valence electrons. The van der Waals surface area contributed by atoms with E-state index in [-0.39, 0.29) is 5.91 Å². The van der Waals surface area contributed by atoms with Crippen LogP contribution in [0.25, 0.3) is 5.82 Å². The molecule has 2 aromatic heterocycles. The molecule has 0 bridgehead atoms. The van der Waals surface area contributed by atoms with Gasteiger partial charge in [-0.2, -0.15) is 0 Å². The fourth-order valence-corrected chi connectivity index (χ4v) is 1.63. The third-order valence-corrected chi connectivity index (χ3v) is 2.67. The van der Waals surface area contributed by atoms with Crippen LogP contribution < -0.4 is 10.6 Å². The first-order chi connectivity index (χ1) is 9.29. The molecule has 0 aliphatic rings. The number of nitrogens with zero attached hydrogens (tertiary/aromatic N) is 3. The van der Waals surface area contributed by atoms with E-state index in [9.17, 15) is 4.79 Å². The number of carbonyl (C=O) groups is 1. The van der Waals surface area contributed by atoms with Crippen molar-refractivity contribution in [2.75, 3.05) is 13.6 Å². The number of carbonyl (C=O) groups excluding carboxylic acids is 1. The van der Waals surface area contributed by atoms with Gasteiger partial charge in [-0.15, -0.1) is 0 Å². The van der Waals surface area contributed by atoms with E-state index in [2.05, 4.69) is 20.6 Å². The summed E-state index contributed by atoms with van der Waals surface area (Å²) in [6.45, 7) is 1.19. The van der Waals surface area contributed by atoms with Crippen LogP contribution in [0, 0.1) is 0 Å². The molecule has 0 spiro atoms. The summed E-state index contributed by atoms with van der Waals surface area (Å²) < 4.78 is 1.83. The molecular formula is C13H17N5O. The third-order valence-electron chi connectivity index (χ3n) is 2.67. The molecule has 0 aromatic carbocycles. The summed E-state index contributed by atoms with van der Waals surface area (Å²) >= 11 is 0. The first-order valence-electron chi connectivity index (χ1n) is 6.14. The van der Waals surface area contributed by atoms with Crippen molar-refractivity contribution in [2.24, 2.45) is 0 Å². The highest BCUT2D eigenvalue weighted by Gasteiger charge is 2.02. The van der Waals surface area contributed by atoms with Crippen LogP contribution in [0.4, 0.5) is 0 Å². The molecule has 2 N–H and O–H groups in total. The molecule has 0 saturated heterocycles. The zero-order valence-electron chi connectivity index (χ0n) is 10.8. The second kappa shape index (κ2) is 6.65. The number of pyridine rings is 1. The molecule has 0 aliphatic carbocycles. The van der Waals surface area contributed by atoms with Crippen molar-refractivity contribution in [3.05, 3.63) is 42.6 Å². The van der Waals surface area contributed by atoms with Gasteiger partial charge in [0.05, 0.1) is 0 Å². The van der Waals surface area contributed by atoms with Gasteiger partial charge in [0.15, 0.2) is 0 Å². The van der Waals surface area contributed by atoms with E-state index < -0.39 is 0 Å². The summed E-state index contributed by atoms with van der Waals surface area (Å²) in [5.41, 5.74) is 1.01. The number of hydrogen-bond donors (Lipinski definition) is 2. The molecule has 1 amide bonds. The van der Waals surface area contributed by atoms with Gasteiger partial charge in [-0.05, 0) is 24.7 Å². The molecule has 2 heterocycles. The molecular weight excluding hydrogens is 242 g/mol. The van der Waals surface area contributed by atoms with Crippen LogP contribution >= 0.6 is 0 Å². The average molecular weight is 259 g/mol. The number of imidazole rings is 1. The van der Waals surface area contributed by atoms with E-state index >= 15 is 0 Å². The van der Waals surface area contributed by atoms with Gasteiger partial charge in [-0.1, -0.05) is 0 Å². The van der Waals surface area contributed by atoms with E-state index in [0.717, 1.165) is 11.4 Å². The average Bonchev–Trinajstić information content (AvgIpc) is 2.97. The van der Waals surface area contributed by atoms with E-state index in [1.54, 1.807) is 18.7 Å². The lowest BCUT2D eigenvalue weighted by atomic mass is 10.2. The number of aromatic nitrogens is 3. The minimum Gasteiger partial charge on any atom is -0.352 e. The Morgan fingerprint density at radius 1 is 1.42 bits per heavy atom. The zero-order chi connectivity index (χ0) is 13.5. The standard InChI is InChI=1S/C13H17N5O/c1-14-4-3-13(19)17-9-11-2-5-16-12(8-11)18-7-6-15-10-18/h2,5-8,10,14H,3-4,9H2,1H3,(H,17,19). The van der Waals surface area contributed by atoms with Gasteiger partial charge in [0.25, 0.3) is 0 Å². The molecule has 6 nitrogen and oxygen atoms in total. The molecule has 2 rings (SSSR count). The summed E-state index contributed by atoms with van der Waals surface area (Å²) in [7, 11) is 1.83. The summed E-state index contributed by atoms with van der Waals surface area (Å²) in [6.07, 6.45) is 7.43. The second-order valence-corrected chi connectivity index (χ2v) is 4.12. The van der Waals surface area contributed by atoms with Crippen molar-refractivity contribution in [1.29, 1.82) is 0 Å². The molecule has 0 fully saturated rings. The monoisotopic (exact) mass is 259 g/mol. The highest BCUT2D eigenvalue weighted by atomic mass is 16.1. The molecule has 2 aromatic rings. The Morgan fingerprint density at radius 3 is 3.05 bits per heavy atom. The lowest BCUT2D eigenvalue weighted by Crippen LogP contribution is -2.26. The normalized spacial score (nSPS) is 10.4. The van der Waals surface area contributed by atoms with Crippen molar-refractivity contribution in [1.82, 2.24) is 25.2 Å². The predicted octanol–water partition coefficient (Wildman–Crippen LogP) is 0.493. The summed E-state index contributed by atoms with van der Waals surface area (Å²) in [5.74, 6) is 0.829. The number of hydrogen-bond acceptors (Lipinski definition) is 4. The molecule has 6 heteroatoms. The zero-order valence-corrected chi connectivity index (χ0v) is 10.8. The number of amides is 1. The summed E-state index contributed by atoms with van der Waals surface area (Å²) in [4.78, 5) is 19.7. The molecule has 0 aliphatic heterocycles. The van der Waals surface area contributed by atoms with Crippen LogP contribution in [0.5, 0.6) is 0 Å². The number of rotatable bonds is 6. The predicted molar refractivity (Wildman–Crippen MR) is 71.7 cm³/mol. The molecule has 19 heavy (non-hydrogen) atoms. The second-order valence-electron chi connectivity index (χ2n) is 4.12. The fourth-order valence-electron chi connectivity index (χ4n) is 1.63. The Bertz CT molecular complexity index is 524. The van der Waals surface area contributed by atoms with Crippen LogP contribution in [0.15, 0.2) is 37.1 Å². The van der Waals surface area contributed by atoms with Gasteiger partial charge in [-0.25, -0.2) is 9.97 Å². The van der Waals surface area contributed by atoms with E-state index in [4.69, 9.17) is 0 Å². The lowest BCUT2D eigenvalue weighted by Gasteiger charge is -2.07. The van der Waals surface area contributed by atoms with E-state index in [1.165, 1.54) is 0 Å². The minimum atomic E-state index is 0.0374. The van der Waals surface area contributed by atoms with Crippen molar-refractivity contribution in [3.63, 3.8) is 0 Å². The Kier molecular flexibility index (Phi) is 4.63. The Morgan fingerprint density at radius 2 is 2.32 bits per heavy atom. The maximum absolute atomic E-state index is 11.5. The minimum absolute atomic E-state index is 0.0374. The maximum Gasteiger partial charge on any atom is 0.221 e. The van der Waals surface area contributed by atoms with Crippen LogP contribution in [0.3, 0.4) is 0 Å². The fraction of sp³-hybridized carbons (Fsp3) is 0.308. The van der Waals surface area contributed by atoms with Crippen LogP contribution in [-0.2, 0) is 11.3 Å². The molecule has 0 unspecified atom stereocenters. The Labute approximate surface area is 111 Å². The third kappa shape index (κ3) is 3.89. The Balaban J connectivity index is 1.94. The van der Waals surface area contributed by atoms with Crippen molar-refractivity contribution in [3.8, 4) is 5.82 Å². The van der Waals surface area contributed by atoms with Gasteiger partial charge in [0.2, 0.25) is 5.91 Å². The van der Waals surface area contributed by atoms with Crippen LogP contribution in [-0.4, -0.2) is 34.0 Å². The van der Waals surface area contributed by atoms with Crippen molar-refractivity contribution < 1.29 is 4.79 Å². The smallest absolute Gasteiger partial charge is 0.221 e. The first-order valence-corrected chi connectivity index (χ1v) is 6.14. The largest absolute Gasteiger partial charge is 0.352 e. The molecule has 0 radical (unpaired) electrons. The number of nitrogens with one attached hydrogen (secondary N) is 2. The summed E-state index contributed by atoms with van der Waals surface area (Å²) in [6, 6.07) is 3.82. The Hall–Kier alpha value is -2.21. The quantitative estimate of drug-likeness (QED) is 0.792. The van der Waals surface area contributed by atoms with Crippen molar-refractivity contribution >= 4 is 5.91 Å². The highest BCUT2D eigenvalue weighted by Crippen LogP contribution is 2.06. The molecule has 0 atom stereocenters. The first kappa shape index (κ1) is 13.2.